The van der Waals surface area contributed by atoms with E-state index in [2.05, 4.69) is 59.4 Å². The Morgan fingerprint density at radius 3 is 2.30 bits per heavy atom. The molecule has 1 N–H and O–H groups in total. The van der Waals surface area contributed by atoms with Crippen LogP contribution in [0.3, 0.4) is 0 Å². The van der Waals surface area contributed by atoms with Crippen LogP contribution in [0, 0.1) is 0 Å². The molecule has 0 spiro atoms. The van der Waals surface area contributed by atoms with E-state index in [-0.39, 0.29) is 29.7 Å². The van der Waals surface area contributed by atoms with Crippen LogP contribution in [0.2, 0.25) is 0 Å². The Morgan fingerprint density at radius 2 is 1.51 bits per heavy atom. The zero-order chi connectivity index (χ0) is 35.8. The van der Waals surface area contributed by atoms with Gasteiger partial charge >= 0.3 is 0 Å². The molecule has 1 unspecified atom stereocenters. The summed E-state index contributed by atoms with van der Waals surface area (Å²) in [5.41, 5.74) is 7.25. The van der Waals surface area contributed by atoms with Gasteiger partial charge in [0.15, 0.2) is 0 Å². The maximum absolute atomic E-state index is 13.2. The number of amides is 3. The van der Waals surface area contributed by atoms with E-state index in [0.717, 1.165) is 87.1 Å². The molecule has 1 aliphatic carbocycles. The van der Waals surface area contributed by atoms with Crippen molar-refractivity contribution in [3.8, 4) is 0 Å². The highest BCUT2D eigenvalue weighted by atomic mass is 16.2. The highest BCUT2D eigenvalue weighted by molar-refractivity contribution is 6.05. The first-order valence-corrected chi connectivity index (χ1v) is 19.6. The van der Waals surface area contributed by atoms with Crippen LogP contribution in [0.25, 0.3) is 27.7 Å². The van der Waals surface area contributed by atoms with E-state index in [0.29, 0.717) is 41.9 Å². The molecule has 11 nitrogen and oxygen atoms in total. The van der Waals surface area contributed by atoms with Crippen molar-refractivity contribution >= 4 is 51.1 Å². The number of nitrogens with one attached hydrogen (secondary N) is 1. The minimum atomic E-state index is -0.581. The number of imidazole rings is 1. The van der Waals surface area contributed by atoms with Gasteiger partial charge in [0.1, 0.15) is 6.04 Å². The van der Waals surface area contributed by atoms with Gasteiger partial charge in [-0.1, -0.05) is 37.1 Å². The van der Waals surface area contributed by atoms with Gasteiger partial charge in [-0.3, -0.25) is 28.9 Å². The average Bonchev–Trinajstić information content (AvgIpc) is 3.91. The van der Waals surface area contributed by atoms with Gasteiger partial charge in [-0.05, 0) is 111 Å². The molecule has 5 aliphatic rings. The van der Waals surface area contributed by atoms with Gasteiger partial charge < -0.3 is 19.3 Å². The fourth-order valence-electron chi connectivity index (χ4n) is 10.2. The SMILES string of the molecule is O=C1CCC(N2Cc3cc(C4CCN(C5CCN(c6ccc7c(c6)n(C6CCCC6)c6nc(=O)c8ccccc8n76)CC5)CC4)ccc3C2=O)C(=O)N1. The maximum Gasteiger partial charge on any atom is 0.282 e. The molecule has 4 fully saturated rings. The first kappa shape index (κ1) is 32.6. The van der Waals surface area contributed by atoms with Gasteiger partial charge in [-0.2, -0.15) is 4.98 Å². The summed E-state index contributed by atoms with van der Waals surface area (Å²) in [6.45, 7) is 4.60. The van der Waals surface area contributed by atoms with Gasteiger partial charge in [-0.25, -0.2) is 0 Å². The van der Waals surface area contributed by atoms with Crippen molar-refractivity contribution in [3.05, 3.63) is 87.7 Å². The molecule has 11 heteroatoms. The van der Waals surface area contributed by atoms with Crippen molar-refractivity contribution in [1.29, 1.82) is 0 Å². The standard InChI is InChI=1S/C42H45N7O4/c50-38-14-13-36(40(52)43-38)47-25-28-23-27(9-11-32(28)41(47)53)26-15-19-45(20-16-26)29-17-21-46(22-18-29)31-10-12-35-37(24-31)48(30-5-1-2-6-30)42-44-39(51)33-7-3-4-8-34(33)49(35)42/h3-4,7-12,23-24,26,29-30,36H,1-2,5-6,13-22,25H2,(H,43,50,52). The third kappa shape index (κ3) is 5.45. The molecule has 0 radical (unpaired) electrons. The molecular formula is C42H45N7O4. The topological polar surface area (TPSA) is 112 Å². The number of carbonyl (C=O) groups is 3. The molecule has 3 saturated heterocycles. The van der Waals surface area contributed by atoms with E-state index < -0.39 is 6.04 Å². The van der Waals surface area contributed by atoms with Crippen molar-refractivity contribution in [2.45, 2.75) is 94.8 Å². The summed E-state index contributed by atoms with van der Waals surface area (Å²) < 4.78 is 4.56. The molecule has 5 aromatic rings. The van der Waals surface area contributed by atoms with Crippen LogP contribution >= 0.6 is 0 Å². The summed E-state index contributed by atoms with van der Waals surface area (Å²) in [6, 6.07) is 21.3. The van der Waals surface area contributed by atoms with Crippen molar-refractivity contribution in [2.75, 3.05) is 31.1 Å². The lowest BCUT2D eigenvalue weighted by Gasteiger charge is -2.42. The van der Waals surface area contributed by atoms with E-state index in [1.54, 1.807) is 4.90 Å². The van der Waals surface area contributed by atoms with Crippen molar-refractivity contribution in [3.63, 3.8) is 0 Å². The molecule has 1 saturated carbocycles. The Kier molecular flexibility index (Phi) is 7.89. The zero-order valence-electron chi connectivity index (χ0n) is 30.0. The van der Waals surface area contributed by atoms with Crippen molar-refractivity contribution in [1.82, 2.24) is 29.1 Å². The highest BCUT2D eigenvalue weighted by Crippen LogP contribution is 2.38. The van der Waals surface area contributed by atoms with Crippen LogP contribution in [0.5, 0.6) is 0 Å². The molecule has 53 heavy (non-hydrogen) atoms. The third-order valence-corrected chi connectivity index (χ3v) is 13.0. The minimum Gasteiger partial charge on any atom is -0.371 e. The van der Waals surface area contributed by atoms with Crippen LogP contribution in [-0.2, 0) is 16.1 Å². The Labute approximate surface area is 307 Å². The van der Waals surface area contributed by atoms with E-state index >= 15 is 0 Å². The molecule has 10 rings (SSSR count). The smallest absolute Gasteiger partial charge is 0.282 e. The lowest BCUT2D eigenvalue weighted by molar-refractivity contribution is -0.136. The molecular weight excluding hydrogens is 667 g/mol. The lowest BCUT2D eigenvalue weighted by Crippen LogP contribution is -2.52. The number of likely N-dealkylation sites (tertiary alicyclic amines) is 1. The molecule has 2 aromatic heterocycles. The number of benzene rings is 3. The number of hydrogen-bond donors (Lipinski definition) is 1. The second-order valence-electron chi connectivity index (χ2n) is 15.9. The molecule has 1 atom stereocenters. The van der Waals surface area contributed by atoms with Crippen LogP contribution < -0.4 is 15.8 Å². The molecule has 0 bridgehead atoms. The van der Waals surface area contributed by atoms with Gasteiger partial charge in [-0.15, -0.1) is 0 Å². The molecule has 3 amide bonds. The van der Waals surface area contributed by atoms with Gasteiger partial charge in [0.05, 0.1) is 21.9 Å². The molecule has 6 heterocycles. The number of piperidine rings is 3. The lowest BCUT2D eigenvalue weighted by atomic mass is 9.86. The van der Waals surface area contributed by atoms with E-state index in [1.807, 2.05) is 30.3 Å². The fourth-order valence-corrected chi connectivity index (χ4v) is 10.2. The number of hydrogen-bond acceptors (Lipinski definition) is 7. The van der Waals surface area contributed by atoms with Gasteiger partial charge in [0, 0.05) is 49.4 Å². The molecule has 272 valence electrons. The highest BCUT2D eigenvalue weighted by Gasteiger charge is 2.39. The number of anilines is 1. The first-order chi connectivity index (χ1) is 25.9. The van der Waals surface area contributed by atoms with Crippen LogP contribution in [0.15, 0.2) is 65.5 Å². The number of para-hydroxylation sites is 1. The Bertz CT molecular complexity index is 2360. The largest absolute Gasteiger partial charge is 0.371 e. The summed E-state index contributed by atoms with van der Waals surface area (Å²) in [7, 11) is 0. The fraction of sp³-hybridized carbons (Fsp3) is 0.452. The monoisotopic (exact) mass is 711 g/mol. The van der Waals surface area contributed by atoms with Crippen LogP contribution in [-0.4, -0.2) is 79.7 Å². The number of carbonyl (C=O) groups excluding carboxylic acids is 3. The minimum absolute atomic E-state index is 0.110. The number of imide groups is 1. The summed E-state index contributed by atoms with van der Waals surface area (Å²) in [6.07, 6.45) is 9.74. The van der Waals surface area contributed by atoms with E-state index in [4.69, 9.17) is 0 Å². The Hall–Kier alpha value is -5.03. The maximum atomic E-state index is 13.2. The number of aromatic nitrogens is 3. The van der Waals surface area contributed by atoms with Crippen LogP contribution in [0.1, 0.15) is 97.7 Å². The number of rotatable bonds is 5. The van der Waals surface area contributed by atoms with Crippen molar-refractivity contribution in [2.24, 2.45) is 0 Å². The van der Waals surface area contributed by atoms with Crippen LogP contribution in [0.4, 0.5) is 5.69 Å². The Morgan fingerprint density at radius 1 is 0.717 bits per heavy atom. The molecule has 4 aliphatic heterocycles. The van der Waals surface area contributed by atoms with Gasteiger partial charge in [0.2, 0.25) is 17.6 Å². The van der Waals surface area contributed by atoms with E-state index in [1.165, 1.54) is 29.6 Å². The summed E-state index contributed by atoms with van der Waals surface area (Å²) >= 11 is 0. The normalized spacial score (nSPS) is 22.5. The summed E-state index contributed by atoms with van der Waals surface area (Å²) in [5, 5.41) is 3.06. The van der Waals surface area contributed by atoms with Gasteiger partial charge in [0.25, 0.3) is 11.5 Å². The second-order valence-corrected chi connectivity index (χ2v) is 15.9. The Balaban J connectivity index is 0.815. The quantitative estimate of drug-likeness (QED) is 0.239. The summed E-state index contributed by atoms with van der Waals surface area (Å²) in [4.78, 5) is 62.0. The van der Waals surface area contributed by atoms with E-state index in [9.17, 15) is 19.2 Å². The predicted molar refractivity (Wildman–Crippen MR) is 203 cm³/mol. The third-order valence-electron chi connectivity index (χ3n) is 13.0. The van der Waals surface area contributed by atoms with Crippen molar-refractivity contribution < 1.29 is 14.4 Å². The molecule has 3 aromatic carbocycles. The first-order valence-electron chi connectivity index (χ1n) is 19.6. The predicted octanol–water partition coefficient (Wildman–Crippen LogP) is 5.53. The summed E-state index contributed by atoms with van der Waals surface area (Å²) in [5.74, 6) is 0.476. The second kappa shape index (κ2) is 12.8. The average molecular weight is 712 g/mol. The zero-order valence-corrected chi connectivity index (χ0v) is 30.0. The number of nitrogens with zero attached hydrogens (tertiary/aromatic N) is 6. The number of fused-ring (bicyclic) bond motifs is 6.